The fraction of sp³-hybridized carbons (Fsp3) is 0.684. The highest BCUT2D eigenvalue weighted by molar-refractivity contribution is 5.43. The van der Waals surface area contributed by atoms with Gasteiger partial charge < -0.3 is 10.1 Å². The number of ether oxygens (including phenoxy) is 1. The molecule has 1 atom stereocenters. The molecule has 1 fully saturated rings. The molecule has 0 unspecified atom stereocenters. The van der Waals surface area contributed by atoms with Gasteiger partial charge in [0.1, 0.15) is 5.75 Å². The van der Waals surface area contributed by atoms with Crippen molar-refractivity contribution >= 4 is 0 Å². The van der Waals surface area contributed by atoms with E-state index in [1.54, 1.807) is 0 Å². The first kappa shape index (κ1) is 16.4. The SMILES string of the molecule is CC(C)(C)c1ccc(OC[C@H]2CCNC2)c(C(C)(C)C)c1. The average molecular weight is 289 g/mol. The molecule has 21 heavy (non-hydrogen) atoms. The Morgan fingerprint density at radius 2 is 1.81 bits per heavy atom. The summed E-state index contributed by atoms with van der Waals surface area (Å²) in [6.45, 7) is 16.6. The number of rotatable bonds is 3. The lowest BCUT2D eigenvalue weighted by atomic mass is 9.80. The first-order valence-corrected chi connectivity index (χ1v) is 8.16. The Kier molecular flexibility index (Phi) is 4.67. The minimum absolute atomic E-state index is 0.102. The Morgan fingerprint density at radius 3 is 2.33 bits per heavy atom. The molecule has 2 heteroatoms. The number of hydrogen-bond donors (Lipinski definition) is 1. The van der Waals surface area contributed by atoms with E-state index in [1.807, 2.05) is 0 Å². The zero-order valence-electron chi connectivity index (χ0n) is 14.5. The third-order valence-corrected chi connectivity index (χ3v) is 4.29. The van der Waals surface area contributed by atoms with Crippen LogP contribution in [0, 0.1) is 5.92 Å². The van der Waals surface area contributed by atoms with Crippen LogP contribution in [-0.4, -0.2) is 19.7 Å². The predicted molar refractivity (Wildman–Crippen MR) is 90.3 cm³/mol. The van der Waals surface area contributed by atoms with Gasteiger partial charge in [0.05, 0.1) is 6.61 Å². The van der Waals surface area contributed by atoms with Gasteiger partial charge in [-0.3, -0.25) is 0 Å². The molecule has 1 aromatic rings. The third kappa shape index (κ3) is 4.23. The molecule has 2 rings (SSSR count). The van der Waals surface area contributed by atoms with Crippen LogP contribution in [0.3, 0.4) is 0 Å². The van der Waals surface area contributed by atoms with Gasteiger partial charge >= 0.3 is 0 Å². The van der Waals surface area contributed by atoms with Crippen LogP contribution < -0.4 is 10.1 Å². The van der Waals surface area contributed by atoms with E-state index in [0.717, 1.165) is 25.4 Å². The van der Waals surface area contributed by atoms with E-state index < -0.39 is 0 Å². The lowest BCUT2D eigenvalue weighted by molar-refractivity contribution is 0.254. The van der Waals surface area contributed by atoms with Gasteiger partial charge in [-0.25, -0.2) is 0 Å². The van der Waals surface area contributed by atoms with Crippen molar-refractivity contribution < 1.29 is 4.74 Å². The van der Waals surface area contributed by atoms with Gasteiger partial charge in [-0.1, -0.05) is 53.7 Å². The van der Waals surface area contributed by atoms with Crippen molar-refractivity contribution in [2.24, 2.45) is 5.92 Å². The maximum atomic E-state index is 6.18. The smallest absolute Gasteiger partial charge is 0.123 e. The highest BCUT2D eigenvalue weighted by atomic mass is 16.5. The standard InChI is InChI=1S/C19H31NO/c1-18(2,3)15-7-8-17(16(11-15)19(4,5)6)21-13-14-9-10-20-12-14/h7-8,11,14,20H,9-10,12-13H2,1-6H3/t14-/m0/s1. The van der Waals surface area contributed by atoms with Gasteiger partial charge in [-0.2, -0.15) is 0 Å². The predicted octanol–water partition coefficient (Wildman–Crippen LogP) is 4.27. The highest BCUT2D eigenvalue weighted by Gasteiger charge is 2.24. The average Bonchev–Trinajstić information content (AvgIpc) is 2.87. The molecule has 1 aromatic carbocycles. The zero-order chi connectivity index (χ0) is 15.7. The van der Waals surface area contributed by atoms with Crippen molar-refractivity contribution in [2.45, 2.75) is 58.8 Å². The maximum absolute atomic E-state index is 6.18. The highest BCUT2D eigenvalue weighted by Crippen LogP contribution is 2.35. The van der Waals surface area contributed by atoms with Crippen molar-refractivity contribution in [1.82, 2.24) is 5.32 Å². The Balaban J connectivity index is 2.23. The molecule has 118 valence electrons. The summed E-state index contributed by atoms with van der Waals surface area (Å²) < 4.78 is 6.18. The summed E-state index contributed by atoms with van der Waals surface area (Å²) >= 11 is 0. The van der Waals surface area contributed by atoms with E-state index >= 15 is 0 Å². The first-order valence-electron chi connectivity index (χ1n) is 8.16. The number of benzene rings is 1. The second kappa shape index (κ2) is 6.00. The second-order valence-corrected chi connectivity index (χ2v) is 8.38. The lowest BCUT2D eigenvalue weighted by Gasteiger charge is -2.27. The first-order chi connectivity index (χ1) is 9.68. The minimum atomic E-state index is 0.102. The van der Waals surface area contributed by atoms with Crippen LogP contribution in [0.1, 0.15) is 59.1 Å². The van der Waals surface area contributed by atoms with Crippen LogP contribution in [0.2, 0.25) is 0 Å². The van der Waals surface area contributed by atoms with Crippen molar-refractivity contribution in [3.8, 4) is 5.75 Å². The fourth-order valence-electron chi connectivity index (χ4n) is 2.77. The van der Waals surface area contributed by atoms with Crippen LogP contribution in [0.5, 0.6) is 5.75 Å². The molecule has 0 amide bonds. The molecule has 0 aromatic heterocycles. The van der Waals surface area contributed by atoms with Crippen LogP contribution >= 0.6 is 0 Å². The van der Waals surface area contributed by atoms with Crippen LogP contribution in [0.15, 0.2) is 18.2 Å². The molecule has 0 aliphatic carbocycles. The van der Waals surface area contributed by atoms with Crippen LogP contribution in [0.4, 0.5) is 0 Å². The lowest BCUT2D eigenvalue weighted by Crippen LogP contribution is -2.20. The maximum Gasteiger partial charge on any atom is 0.123 e. The normalized spacial score (nSPS) is 19.8. The van der Waals surface area contributed by atoms with E-state index in [1.165, 1.54) is 17.5 Å². The number of hydrogen-bond acceptors (Lipinski definition) is 2. The van der Waals surface area contributed by atoms with Gasteiger partial charge in [-0.05, 0) is 41.0 Å². The summed E-state index contributed by atoms with van der Waals surface area (Å²) in [5.41, 5.74) is 2.97. The fourth-order valence-corrected chi connectivity index (χ4v) is 2.77. The summed E-state index contributed by atoms with van der Waals surface area (Å²) in [7, 11) is 0. The molecule has 0 saturated carbocycles. The summed E-state index contributed by atoms with van der Waals surface area (Å²) in [5, 5.41) is 3.40. The molecule has 1 aliphatic rings. The third-order valence-electron chi connectivity index (χ3n) is 4.29. The monoisotopic (exact) mass is 289 g/mol. The summed E-state index contributed by atoms with van der Waals surface area (Å²) in [4.78, 5) is 0. The summed E-state index contributed by atoms with van der Waals surface area (Å²) in [6, 6.07) is 6.73. The van der Waals surface area contributed by atoms with Gasteiger partial charge in [0.25, 0.3) is 0 Å². The van der Waals surface area contributed by atoms with Gasteiger partial charge in [-0.15, -0.1) is 0 Å². The Morgan fingerprint density at radius 1 is 1.10 bits per heavy atom. The van der Waals surface area contributed by atoms with Gasteiger partial charge in [0, 0.05) is 12.5 Å². The largest absolute Gasteiger partial charge is 0.493 e. The van der Waals surface area contributed by atoms with E-state index in [4.69, 9.17) is 4.74 Å². The summed E-state index contributed by atoms with van der Waals surface area (Å²) in [6.07, 6.45) is 1.23. The number of nitrogens with one attached hydrogen (secondary N) is 1. The van der Waals surface area contributed by atoms with Crippen molar-refractivity contribution in [2.75, 3.05) is 19.7 Å². The molecule has 1 heterocycles. The van der Waals surface area contributed by atoms with E-state index in [2.05, 4.69) is 65.1 Å². The van der Waals surface area contributed by atoms with Gasteiger partial charge in [0.15, 0.2) is 0 Å². The van der Waals surface area contributed by atoms with Crippen molar-refractivity contribution in [1.29, 1.82) is 0 Å². The Bertz CT molecular complexity index is 473. The van der Waals surface area contributed by atoms with Crippen LogP contribution in [-0.2, 0) is 10.8 Å². The quantitative estimate of drug-likeness (QED) is 0.897. The van der Waals surface area contributed by atoms with E-state index in [-0.39, 0.29) is 10.8 Å². The molecule has 1 N–H and O–H groups in total. The van der Waals surface area contributed by atoms with E-state index in [9.17, 15) is 0 Å². The molecule has 2 nitrogen and oxygen atoms in total. The minimum Gasteiger partial charge on any atom is -0.493 e. The van der Waals surface area contributed by atoms with Gasteiger partial charge in [0.2, 0.25) is 0 Å². The zero-order valence-corrected chi connectivity index (χ0v) is 14.5. The van der Waals surface area contributed by atoms with E-state index in [0.29, 0.717) is 5.92 Å². The molecule has 0 spiro atoms. The van der Waals surface area contributed by atoms with Crippen molar-refractivity contribution in [3.05, 3.63) is 29.3 Å². The topological polar surface area (TPSA) is 21.3 Å². The Labute approximate surface area is 130 Å². The molecular formula is C19H31NO. The summed E-state index contributed by atoms with van der Waals surface area (Å²) in [5.74, 6) is 1.71. The Hall–Kier alpha value is -1.02. The van der Waals surface area contributed by atoms with Crippen molar-refractivity contribution in [3.63, 3.8) is 0 Å². The molecule has 0 radical (unpaired) electrons. The molecule has 1 aliphatic heterocycles. The second-order valence-electron chi connectivity index (χ2n) is 8.38. The molecule has 1 saturated heterocycles. The molecule has 0 bridgehead atoms. The van der Waals surface area contributed by atoms with Crippen LogP contribution in [0.25, 0.3) is 0 Å². The molecular weight excluding hydrogens is 258 g/mol.